The highest BCUT2D eigenvalue weighted by Gasteiger charge is 2.21. The molecule has 6 nitrogen and oxygen atoms in total. The molecule has 0 fully saturated rings. The number of hydrogen-bond donors (Lipinski definition) is 2. The number of aliphatic carboxylic acids is 1. The first-order chi connectivity index (χ1) is 10.8. The number of amides is 1. The van der Waals surface area contributed by atoms with E-state index in [1.54, 1.807) is 5.38 Å². The van der Waals surface area contributed by atoms with Crippen LogP contribution in [0.25, 0.3) is 10.8 Å². The molecular weight excluding hydrogens is 316 g/mol. The summed E-state index contributed by atoms with van der Waals surface area (Å²) < 4.78 is 5.50. The molecule has 2 aromatic rings. The van der Waals surface area contributed by atoms with Crippen LogP contribution in [0.4, 0.5) is 0 Å². The van der Waals surface area contributed by atoms with E-state index >= 15 is 0 Å². The van der Waals surface area contributed by atoms with E-state index in [1.165, 1.54) is 11.3 Å². The number of aromatic nitrogens is 1. The Kier molecular flexibility index (Phi) is 5.54. The molecule has 124 valence electrons. The lowest BCUT2D eigenvalue weighted by Gasteiger charge is -2.16. The fourth-order valence-electron chi connectivity index (χ4n) is 2.15. The second-order valence-corrected chi connectivity index (χ2v) is 6.68. The van der Waals surface area contributed by atoms with E-state index in [-0.39, 0.29) is 18.2 Å². The molecule has 1 amide bonds. The number of hydrogen-bond acceptors (Lipinski definition) is 5. The van der Waals surface area contributed by atoms with Gasteiger partial charge in [0.15, 0.2) is 10.8 Å². The number of carbonyl (C=O) groups is 2. The van der Waals surface area contributed by atoms with E-state index in [9.17, 15) is 9.59 Å². The van der Waals surface area contributed by atoms with Gasteiger partial charge in [0.2, 0.25) is 5.91 Å². The molecule has 0 saturated heterocycles. The second kappa shape index (κ2) is 7.41. The highest BCUT2D eigenvalue weighted by Crippen LogP contribution is 2.25. The Morgan fingerprint density at radius 1 is 1.39 bits per heavy atom. The molecule has 0 spiro atoms. The summed E-state index contributed by atoms with van der Waals surface area (Å²) in [7, 11) is 0. The SMILES string of the molecule is Cc1ccc(-c2nc(CC(=O)N[C@@H](CC(C)C)C(=O)O)cs2)o1. The molecule has 0 aliphatic heterocycles. The quantitative estimate of drug-likeness (QED) is 0.811. The number of carboxylic acid groups (broad SMARTS) is 1. The Morgan fingerprint density at radius 2 is 2.13 bits per heavy atom. The summed E-state index contributed by atoms with van der Waals surface area (Å²) in [5.74, 6) is 0.293. The lowest BCUT2D eigenvalue weighted by atomic mass is 10.0. The average Bonchev–Trinajstić information content (AvgIpc) is 3.06. The van der Waals surface area contributed by atoms with Crippen LogP contribution >= 0.6 is 11.3 Å². The smallest absolute Gasteiger partial charge is 0.326 e. The first kappa shape index (κ1) is 17.2. The summed E-state index contributed by atoms with van der Waals surface area (Å²) >= 11 is 1.39. The molecule has 0 bridgehead atoms. The number of furan rings is 1. The van der Waals surface area contributed by atoms with Gasteiger partial charge >= 0.3 is 5.97 Å². The fraction of sp³-hybridized carbons (Fsp3) is 0.438. The third-order valence-corrected chi connectivity index (χ3v) is 4.09. The molecule has 2 N–H and O–H groups in total. The maximum Gasteiger partial charge on any atom is 0.326 e. The Balaban J connectivity index is 1.97. The zero-order chi connectivity index (χ0) is 17.0. The van der Waals surface area contributed by atoms with Crippen molar-refractivity contribution in [1.82, 2.24) is 10.3 Å². The normalized spacial score (nSPS) is 12.3. The molecule has 2 rings (SSSR count). The number of thiazole rings is 1. The zero-order valence-electron chi connectivity index (χ0n) is 13.3. The van der Waals surface area contributed by atoms with Gasteiger partial charge in [-0.3, -0.25) is 4.79 Å². The number of rotatable bonds is 7. The lowest BCUT2D eigenvalue weighted by molar-refractivity contribution is -0.142. The average molecular weight is 336 g/mol. The van der Waals surface area contributed by atoms with Crippen LogP contribution in [0.2, 0.25) is 0 Å². The largest absolute Gasteiger partial charge is 0.480 e. The first-order valence-corrected chi connectivity index (χ1v) is 8.26. The van der Waals surface area contributed by atoms with Crippen LogP contribution in [-0.2, 0) is 16.0 Å². The zero-order valence-corrected chi connectivity index (χ0v) is 14.1. The van der Waals surface area contributed by atoms with Crippen LogP contribution in [0.5, 0.6) is 0 Å². The monoisotopic (exact) mass is 336 g/mol. The molecular formula is C16H20N2O4S. The van der Waals surface area contributed by atoms with Crippen LogP contribution in [0.15, 0.2) is 21.9 Å². The maximum atomic E-state index is 12.0. The third kappa shape index (κ3) is 4.92. The predicted octanol–water partition coefficient (Wildman–Crippen LogP) is 2.87. The molecule has 2 aromatic heterocycles. The van der Waals surface area contributed by atoms with E-state index < -0.39 is 12.0 Å². The number of nitrogens with one attached hydrogen (secondary N) is 1. The molecule has 0 aliphatic carbocycles. The van der Waals surface area contributed by atoms with E-state index in [2.05, 4.69) is 10.3 Å². The van der Waals surface area contributed by atoms with Gasteiger partial charge in [-0.1, -0.05) is 13.8 Å². The number of carbonyl (C=O) groups excluding carboxylic acids is 1. The van der Waals surface area contributed by atoms with Crippen molar-refractivity contribution in [3.8, 4) is 10.8 Å². The second-order valence-electron chi connectivity index (χ2n) is 5.82. The molecule has 0 aliphatic rings. The van der Waals surface area contributed by atoms with Gasteiger partial charge in [0.1, 0.15) is 11.8 Å². The number of carboxylic acids is 1. The molecule has 0 unspecified atom stereocenters. The minimum Gasteiger partial charge on any atom is -0.480 e. The Morgan fingerprint density at radius 3 is 2.70 bits per heavy atom. The van der Waals surface area contributed by atoms with Crippen LogP contribution < -0.4 is 5.32 Å². The summed E-state index contributed by atoms with van der Waals surface area (Å²) in [6, 6.07) is 2.82. The van der Waals surface area contributed by atoms with Gasteiger partial charge in [-0.25, -0.2) is 9.78 Å². The van der Waals surface area contributed by atoms with Crippen molar-refractivity contribution in [2.45, 2.75) is 39.7 Å². The van der Waals surface area contributed by atoms with Crippen LogP contribution in [-0.4, -0.2) is 28.0 Å². The lowest BCUT2D eigenvalue weighted by Crippen LogP contribution is -2.42. The molecule has 2 heterocycles. The van der Waals surface area contributed by atoms with Gasteiger partial charge in [-0.15, -0.1) is 11.3 Å². The summed E-state index contributed by atoms with van der Waals surface area (Å²) in [5.41, 5.74) is 0.602. The summed E-state index contributed by atoms with van der Waals surface area (Å²) in [4.78, 5) is 27.6. The number of aryl methyl sites for hydroxylation is 1. The van der Waals surface area contributed by atoms with Crippen molar-refractivity contribution in [2.24, 2.45) is 5.92 Å². The van der Waals surface area contributed by atoms with E-state index in [0.29, 0.717) is 22.9 Å². The summed E-state index contributed by atoms with van der Waals surface area (Å²) in [5, 5.41) is 14.2. The molecule has 0 saturated carbocycles. The maximum absolute atomic E-state index is 12.0. The van der Waals surface area contributed by atoms with Crippen molar-refractivity contribution < 1.29 is 19.1 Å². The number of nitrogens with zero attached hydrogens (tertiary/aromatic N) is 1. The molecule has 1 atom stereocenters. The predicted molar refractivity (Wildman–Crippen MR) is 87.3 cm³/mol. The summed E-state index contributed by atoms with van der Waals surface area (Å²) in [6.07, 6.45) is 0.452. The van der Waals surface area contributed by atoms with Crippen molar-refractivity contribution >= 4 is 23.2 Å². The van der Waals surface area contributed by atoms with Crippen LogP contribution in [0.1, 0.15) is 31.7 Å². The minimum absolute atomic E-state index is 0.0536. The molecule has 7 heteroatoms. The molecule has 0 radical (unpaired) electrons. The van der Waals surface area contributed by atoms with Gasteiger partial charge in [-0.2, -0.15) is 0 Å². The van der Waals surface area contributed by atoms with Crippen molar-refractivity contribution in [2.75, 3.05) is 0 Å². The van der Waals surface area contributed by atoms with Crippen LogP contribution in [0.3, 0.4) is 0 Å². The highest BCUT2D eigenvalue weighted by atomic mass is 32.1. The standard InChI is InChI=1S/C16H20N2O4S/c1-9(2)6-12(16(20)21)18-14(19)7-11-8-23-15(17-11)13-5-4-10(3)22-13/h4-5,8-9,12H,6-7H2,1-3H3,(H,18,19)(H,20,21)/t12-/m0/s1. The van der Waals surface area contributed by atoms with Gasteiger partial charge < -0.3 is 14.8 Å². The Labute approximate surface area is 138 Å². The first-order valence-electron chi connectivity index (χ1n) is 7.38. The van der Waals surface area contributed by atoms with Crippen molar-refractivity contribution in [3.05, 3.63) is 29.0 Å². The van der Waals surface area contributed by atoms with Gasteiger partial charge in [0, 0.05) is 5.38 Å². The van der Waals surface area contributed by atoms with E-state index in [0.717, 1.165) is 5.76 Å². The molecule has 0 aromatic carbocycles. The summed E-state index contributed by atoms with van der Waals surface area (Å²) in [6.45, 7) is 5.69. The van der Waals surface area contributed by atoms with Gasteiger partial charge in [0.05, 0.1) is 12.1 Å². The minimum atomic E-state index is -1.02. The fourth-order valence-corrected chi connectivity index (χ4v) is 2.93. The third-order valence-electron chi connectivity index (χ3n) is 3.18. The van der Waals surface area contributed by atoms with E-state index in [1.807, 2.05) is 32.9 Å². The van der Waals surface area contributed by atoms with Crippen molar-refractivity contribution in [1.29, 1.82) is 0 Å². The Hall–Kier alpha value is -2.15. The van der Waals surface area contributed by atoms with Gasteiger partial charge in [-0.05, 0) is 31.4 Å². The molecule has 23 heavy (non-hydrogen) atoms. The highest BCUT2D eigenvalue weighted by molar-refractivity contribution is 7.13. The topological polar surface area (TPSA) is 92.4 Å². The van der Waals surface area contributed by atoms with E-state index in [4.69, 9.17) is 9.52 Å². The van der Waals surface area contributed by atoms with Crippen molar-refractivity contribution in [3.63, 3.8) is 0 Å². The van der Waals surface area contributed by atoms with Crippen LogP contribution in [0, 0.1) is 12.8 Å². The van der Waals surface area contributed by atoms with Gasteiger partial charge in [0.25, 0.3) is 0 Å². The Bertz CT molecular complexity index is 690.